The van der Waals surface area contributed by atoms with E-state index in [1.165, 1.54) is 34.2 Å². The van der Waals surface area contributed by atoms with E-state index in [9.17, 15) is 4.79 Å². The quantitative estimate of drug-likeness (QED) is 0.676. The Balaban J connectivity index is 1.67. The second-order valence-electron chi connectivity index (χ2n) is 5.10. The number of rotatable bonds is 5. The summed E-state index contributed by atoms with van der Waals surface area (Å²) in [6, 6.07) is 8.30. The van der Waals surface area contributed by atoms with Crippen molar-refractivity contribution in [2.75, 3.05) is 11.5 Å². The van der Waals surface area contributed by atoms with Gasteiger partial charge in [-0.3, -0.25) is 4.79 Å². The van der Waals surface area contributed by atoms with Gasteiger partial charge in [0, 0.05) is 18.1 Å². The first-order chi connectivity index (χ1) is 11.6. The van der Waals surface area contributed by atoms with Crippen molar-refractivity contribution in [2.45, 2.75) is 18.6 Å². The molecule has 0 bridgehead atoms. The van der Waals surface area contributed by atoms with E-state index in [1.807, 2.05) is 16.1 Å². The number of carbonyl (C=O) groups is 1. The van der Waals surface area contributed by atoms with Crippen LogP contribution < -0.4 is 10.5 Å². The molecule has 0 radical (unpaired) electrons. The van der Waals surface area contributed by atoms with Gasteiger partial charge >= 0.3 is 0 Å². The molecule has 0 aliphatic heterocycles. The maximum atomic E-state index is 12.0. The Morgan fingerprint density at radius 3 is 2.92 bits per heavy atom. The van der Waals surface area contributed by atoms with E-state index in [4.69, 9.17) is 5.73 Å². The number of aromatic nitrogens is 4. The minimum Gasteiger partial charge on any atom is -0.368 e. The second-order valence-corrected chi connectivity index (χ2v) is 6.91. The van der Waals surface area contributed by atoms with Crippen molar-refractivity contribution in [1.82, 2.24) is 19.7 Å². The fourth-order valence-corrected chi connectivity index (χ4v) is 3.32. The molecule has 3 rings (SSSR count). The van der Waals surface area contributed by atoms with Crippen LogP contribution in [0.5, 0.6) is 0 Å². The van der Waals surface area contributed by atoms with Crippen molar-refractivity contribution < 1.29 is 4.79 Å². The maximum absolute atomic E-state index is 12.0. The first-order valence-corrected chi connectivity index (χ1v) is 9.04. The third-order valence-corrected chi connectivity index (χ3v) is 4.79. The molecule has 3 aromatic rings. The number of hydrogen-bond acceptors (Lipinski definition) is 6. The molecule has 0 saturated heterocycles. The Morgan fingerprint density at radius 2 is 2.21 bits per heavy atom. The molecule has 9 heteroatoms. The third-order valence-electron chi connectivity index (χ3n) is 3.16. The van der Waals surface area contributed by atoms with Gasteiger partial charge < -0.3 is 10.3 Å². The van der Waals surface area contributed by atoms with Gasteiger partial charge in [0.25, 0.3) is 5.91 Å². The van der Waals surface area contributed by atoms with Crippen LogP contribution in [0.1, 0.15) is 11.1 Å². The van der Waals surface area contributed by atoms with Crippen molar-refractivity contribution in [3.05, 3.63) is 51.8 Å². The highest BCUT2D eigenvalue weighted by atomic mass is 32.2. The van der Waals surface area contributed by atoms with Crippen LogP contribution in [0.15, 0.2) is 46.0 Å². The van der Waals surface area contributed by atoms with Crippen LogP contribution in [0.2, 0.25) is 0 Å². The Labute approximate surface area is 146 Å². The minimum absolute atomic E-state index is 0.166. The van der Waals surface area contributed by atoms with Crippen LogP contribution >= 0.6 is 23.1 Å². The molecule has 0 atom stereocenters. The van der Waals surface area contributed by atoms with E-state index in [1.54, 1.807) is 0 Å². The number of nitrogens with two attached hydrogens (primary N) is 1. The molecular weight excluding hydrogens is 344 g/mol. The first-order valence-electron chi connectivity index (χ1n) is 7.18. The summed E-state index contributed by atoms with van der Waals surface area (Å²) in [6.07, 6.45) is 1.93. The van der Waals surface area contributed by atoms with Crippen molar-refractivity contribution >= 4 is 35.0 Å². The van der Waals surface area contributed by atoms with Gasteiger partial charge in [-0.05, 0) is 12.5 Å². The van der Waals surface area contributed by atoms with E-state index in [0.29, 0.717) is 16.5 Å². The molecule has 24 heavy (non-hydrogen) atoms. The molecule has 0 aliphatic carbocycles. The number of anilines is 1. The highest BCUT2D eigenvalue weighted by molar-refractivity contribution is 7.99. The number of benzene rings is 1. The summed E-state index contributed by atoms with van der Waals surface area (Å²) in [5.41, 5.74) is 7.83. The Hall–Kier alpha value is -2.39. The predicted molar refractivity (Wildman–Crippen MR) is 94.7 cm³/mol. The highest BCUT2D eigenvalue weighted by Gasteiger charge is 2.06. The molecule has 124 valence electrons. The largest absolute Gasteiger partial charge is 0.368 e. The zero-order valence-corrected chi connectivity index (χ0v) is 14.6. The standard InChI is InChI=1S/C15H16N6OS2/c1-10-2-4-11(5-3-10)8-21-6-7-23-15(21)17-12(22)9-24-14-18-13(16)19-20-14/h2-7H,8-9H2,1H3,(H3,16,18,19,20). The summed E-state index contributed by atoms with van der Waals surface area (Å²) in [5.74, 6) is 0.166. The Kier molecular flexibility index (Phi) is 5.11. The fourth-order valence-electron chi connectivity index (χ4n) is 1.99. The van der Waals surface area contributed by atoms with Crippen LogP contribution in [0.3, 0.4) is 0 Å². The fraction of sp³-hybridized carbons (Fsp3) is 0.200. The molecule has 7 nitrogen and oxygen atoms in total. The Morgan fingerprint density at radius 1 is 1.42 bits per heavy atom. The second kappa shape index (κ2) is 7.45. The number of thiazole rings is 1. The molecule has 1 aromatic carbocycles. The van der Waals surface area contributed by atoms with Crippen LogP contribution in [-0.2, 0) is 11.3 Å². The van der Waals surface area contributed by atoms with E-state index in [0.717, 1.165) is 0 Å². The highest BCUT2D eigenvalue weighted by Crippen LogP contribution is 2.12. The van der Waals surface area contributed by atoms with E-state index in [-0.39, 0.29) is 17.6 Å². The number of nitrogens with zero attached hydrogens (tertiary/aromatic N) is 4. The van der Waals surface area contributed by atoms with Crippen LogP contribution in [-0.4, -0.2) is 31.4 Å². The van der Waals surface area contributed by atoms with Crippen LogP contribution in [0.25, 0.3) is 0 Å². The normalized spacial score (nSPS) is 11.8. The SMILES string of the molecule is Cc1ccc(Cn2ccsc2=NC(=O)CSc2n[nH]c(N)n2)cc1. The number of nitrogen functional groups attached to an aromatic ring is 1. The summed E-state index contributed by atoms with van der Waals surface area (Å²) in [7, 11) is 0. The third kappa shape index (κ3) is 4.33. The molecule has 0 saturated carbocycles. The number of amides is 1. The van der Waals surface area contributed by atoms with E-state index < -0.39 is 0 Å². The van der Waals surface area contributed by atoms with Gasteiger partial charge in [0.15, 0.2) is 4.80 Å². The molecule has 2 heterocycles. The first kappa shape index (κ1) is 16.5. The van der Waals surface area contributed by atoms with Crippen molar-refractivity contribution in [1.29, 1.82) is 0 Å². The maximum Gasteiger partial charge on any atom is 0.258 e. The summed E-state index contributed by atoms with van der Waals surface area (Å²) in [6.45, 7) is 2.74. The number of carbonyl (C=O) groups excluding carboxylic acids is 1. The molecule has 0 unspecified atom stereocenters. The van der Waals surface area contributed by atoms with Gasteiger partial charge in [0.2, 0.25) is 11.1 Å². The summed E-state index contributed by atoms with van der Waals surface area (Å²) >= 11 is 2.64. The molecule has 3 N–H and O–H groups in total. The number of thioether (sulfide) groups is 1. The summed E-state index contributed by atoms with van der Waals surface area (Å²) in [5, 5.41) is 8.76. The number of hydrogen-bond donors (Lipinski definition) is 2. The van der Waals surface area contributed by atoms with Crippen molar-refractivity contribution in [3.8, 4) is 0 Å². The molecule has 1 amide bonds. The summed E-state index contributed by atoms with van der Waals surface area (Å²) in [4.78, 5) is 20.8. The molecular formula is C15H16N6OS2. The van der Waals surface area contributed by atoms with Gasteiger partial charge in [-0.25, -0.2) is 5.10 Å². The topological polar surface area (TPSA) is 102 Å². The number of aromatic amines is 1. The van der Waals surface area contributed by atoms with Crippen molar-refractivity contribution in [2.24, 2.45) is 4.99 Å². The minimum atomic E-state index is -0.233. The lowest BCUT2D eigenvalue weighted by molar-refractivity contribution is -0.115. The van der Waals surface area contributed by atoms with Gasteiger partial charge in [-0.1, -0.05) is 41.6 Å². The van der Waals surface area contributed by atoms with Crippen molar-refractivity contribution in [3.63, 3.8) is 0 Å². The molecule has 0 spiro atoms. The molecule has 0 fully saturated rings. The van der Waals surface area contributed by atoms with E-state index in [2.05, 4.69) is 51.4 Å². The lowest BCUT2D eigenvalue weighted by atomic mass is 10.1. The lowest BCUT2D eigenvalue weighted by Gasteiger charge is -2.03. The van der Waals surface area contributed by atoms with Gasteiger partial charge in [-0.15, -0.1) is 16.4 Å². The number of H-pyrrole nitrogens is 1. The van der Waals surface area contributed by atoms with Gasteiger partial charge in [-0.2, -0.15) is 9.98 Å². The zero-order chi connectivity index (χ0) is 16.9. The average Bonchev–Trinajstić information content (AvgIpc) is 3.17. The van der Waals surface area contributed by atoms with Gasteiger partial charge in [0.05, 0.1) is 5.75 Å². The average molecular weight is 360 g/mol. The Bertz CT molecular complexity index is 893. The molecule has 0 aliphatic rings. The number of aryl methyl sites for hydroxylation is 1. The van der Waals surface area contributed by atoms with Crippen LogP contribution in [0, 0.1) is 6.92 Å². The summed E-state index contributed by atoms with van der Waals surface area (Å²) < 4.78 is 1.96. The lowest BCUT2D eigenvalue weighted by Crippen LogP contribution is -2.17. The monoisotopic (exact) mass is 360 g/mol. The smallest absolute Gasteiger partial charge is 0.258 e. The zero-order valence-electron chi connectivity index (χ0n) is 13.0. The van der Waals surface area contributed by atoms with E-state index >= 15 is 0 Å². The molecule has 2 aromatic heterocycles. The van der Waals surface area contributed by atoms with Crippen LogP contribution in [0.4, 0.5) is 5.95 Å². The van der Waals surface area contributed by atoms with Gasteiger partial charge in [0.1, 0.15) is 0 Å². The number of nitrogens with one attached hydrogen (secondary N) is 1. The predicted octanol–water partition coefficient (Wildman–Crippen LogP) is 1.83.